The maximum absolute atomic E-state index is 6.55. The molecule has 0 saturated carbocycles. The Labute approximate surface area is 319 Å². The molecule has 0 N–H and O–H groups in total. The molecule has 0 amide bonds. The fourth-order valence-corrected chi connectivity index (χ4v) is 8.90. The van der Waals surface area contributed by atoms with Crippen LogP contribution in [0.25, 0.3) is 110 Å². The van der Waals surface area contributed by atoms with Gasteiger partial charge in [0, 0.05) is 16.3 Å². The first-order valence-corrected chi connectivity index (χ1v) is 18.9. The lowest BCUT2D eigenvalue weighted by molar-refractivity contribution is 0.669. The third-order valence-corrected chi connectivity index (χ3v) is 11.3. The summed E-state index contributed by atoms with van der Waals surface area (Å²) in [5.74, 6) is 0. The summed E-state index contributed by atoms with van der Waals surface area (Å²) in [4.78, 5) is 0. The Kier molecular flexibility index (Phi) is 7.25. The number of furan rings is 1. The van der Waals surface area contributed by atoms with E-state index in [9.17, 15) is 0 Å². The molecule has 0 fully saturated rings. The molecule has 55 heavy (non-hydrogen) atoms. The van der Waals surface area contributed by atoms with Crippen molar-refractivity contribution in [3.8, 4) is 55.6 Å². The minimum absolute atomic E-state index is 0.890. The molecule has 0 unspecified atom stereocenters. The summed E-state index contributed by atoms with van der Waals surface area (Å²) in [5, 5.41) is 9.69. The van der Waals surface area contributed by atoms with Gasteiger partial charge in [-0.3, -0.25) is 0 Å². The van der Waals surface area contributed by atoms with E-state index in [1.807, 2.05) is 0 Å². The molecule has 1 heteroatoms. The molecule has 1 nitrogen and oxygen atoms in total. The molecule has 1 heterocycles. The van der Waals surface area contributed by atoms with Gasteiger partial charge >= 0.3 is 0 Å². The van der Waals surface area contributed by atoms with Crippen molar-refractivity contribution in [2.45, 2.75) is 0 Å². The van der Waals surface area contributed by atoms with Crippen LogP contribution < -0.4 is 0 Å². The summed E-state index contributed by atoms with van der Waals surface area (Å²) in [5.41, 5.74) is 13.9. The van der Waals surface area contributed by atoms with Gasteiger partial charge in [0.2, 0.25) is 0 Å². The molecule has 256 valence electrons. The van der Waals surface area contributed by atoms with Gasteiger partial charge in [0.15, 0.2) is 0 Å². The van der Waals surface area contributed by atoms with Crippen molar-refractivity contribution >= 4 is 54.3 Å². The molecular formula is C54H34O. The summed E-state index contributed by atoms with van der Waals surface area (Å²) < 4.78 is 6.55. The van der Waals surface area contributed by atoms with Crippen LogP contribution in [0.4, 0.5) is 0 Å². The Morgan fingerprint density at radius 3 is 1.33 bits per heavy atom. The molecule has 0 radical (unpaired) electrons. The van der Waals surface area contributed by atoms with Gasteiger partial charge < -0.3 is 4.42 Å². The highest BCUT2D eigenvalue weighted by molar-refractivity contribution is 6.25. The number of hydrogen-bond donors (Lipinski definition) is 0. The van der Waals surface area contributed by atoms with Gasteiger partial charge in [-0.1, -0.05) is 188 Å². The predicted molar refractivity (Wildman–Crippen MR) is 233 cm³/mol. The van der Waals surface area contributed by atoms with E-state index in [4.69, 9.17) is 4.42 Å². The zero-order chi connectivity index (χ0) is 36.3. The SMILES string of the molecule is c1ccc(-c2cccc(-c3ccc4oc5ccccc5c4c3-c3ccc(-c4c5ccccc5c(-c5ccccc5)c5ccccc45)c4ccccc34)c2)cc1. The molecule has 0 aliphatic carbocycles. The fraction of sp³-hybridized carbons (Fsp3) is 0. The fourth-order valence-electron chi connectivity index (χ4n) is 8.90. The standard InChI is InChI=1S/C54H34O/c1-3-16-35(17-4-1)37-20-15-21-38(34-37)39-32-33-50-54(48-28-13-14-29-49(48)55-50)53(39)47-31-30-46(40-22-7-8-23-41(40)47)52-44-26-11-9-24-42(44)51(36-18-5-2-6-19-36)43-25-10-12-27-45(43)52/h1-34H. The Bertz CT molecular complexity index is 3190. The number of hydrogen-bond acceptors (Lipinski definition) is 1. The summed E-state index contributed by atoms with van der Waals surface area (Å²) >= 11 is 0. The Morgan fingerprint density at radius 2 is 0.691 bits per heavy atom. The molecule has 11 rings (SSSR count). The molecule has 10 aromatic carbocycles. The molecule has 0 spiro atoms. The van der Waals surface area contributed by atoms with Gasteiger partial charge in [0.05, 0.1) is 0 Å². The van der Waals surface area contributed by atoms with E-state index in [0.29, 0.717) is 0 Å². The van der Waals surface area contributed by atoms with E-state index in [0.717, 1.165) is 21.9 Å². The van der Waals surface area contributed by atoms with E-state index in [1.165, 1.54) is 88.0 Å². The lowest BCUT2D eigenvalue weighted by Crippen LogP contribution is -1.93. The molecule has 0 bridgehead atoms. The first-order chi connectivity index (χ1) is 27.3. The Hall–Kier alpha value is -7.22. The van der Waals surface area contributed by atoms with Crippen LogP contribution in [0.5, 0.6) is 0 Å². The van der Waals surface area contributed by atoms with E-state index in [-0.39, 0.29) is 0 Å². The Balaban J connectivity index is 1.22. The highest BCUT2D eigenvalue weighted by Gasteiger charge is 2.22. The van der Waals surface area contributed by atoms with Crippen LogP contribution in [0.1, 0.15) is 0 Å². The van der Waals surface area contributed by atoms with Crippen molar-refractivity contribution in [2.75, 3.05) is 0 Å². The zero-order valence-corrected chi connectivity index (χ0v) is 30.0. The summed E-state index contributed by atoms with van der Waals surface area (Å²) in [6.45, 7) is 0. The molecule has 0 aliphatic rings. The summed E-state index contributed by atoms with van der Waals surface area (Å²) in [6, 6.07) is 74.7. The van der Waals surface area contributed by atoms with E-state index in [1.54, 1.807) is 0 Å². The highest BCUT2D eigenvalue weighted by atomic mass is 16.3. The van der Waals surface area contributed by atoms with Crippen molar-refractivity contribution in [3.63, 3.8) is 0 Å². The van der Waals surface area contributed by atoms with Crippen LogP contribution in [0.3, 0.4) is 0 Å². The lowest BCUT2D eigenvalue weighted by atomic mass is 9.82. The topological polar surface area (TPSA) is 13.1 Å². The van der Waals surface area contributed by atoms with Gasteiger partial charge in [-0.15, -0.1) is 0 Å². The van der Waals surface area contributed by atoms with Gasteiger partial charge in [-0.05, 0) is 101 Å². The minimum Gasteiger partial charge on any atom is -0.456 e. The number of benzene rings is 10. The molecule has 11 aromatic rings. The van der Waals surface area contributed by atoms with E-state index < -0.39 is 0 Å². The van der Waals surface area contributed by atoms with Crippen molar-refractivity contribution in [2.24, 2.45) is 0 Å². The third-order valence-electron chi connectivity index (χ3n) is 11.3. The smallest absolute Gasteiger partial charge is 0.136 e. The van der Waals surface area contributed by atoms with Crippen LogP contribution >= 0.6 is 0 Å². The van der Waals surface area contributed by atoms with Crippen LogP contribution in [0, 0.1) is 0 Å². The van der Waals surface area contributed by atoms with Crippen LogP contribution in [0.2, 0.25) is 0 Å². The quantitative estimate of drug-likeness (QED) is 0.163. The van der Waals surface area contributed by atoms with Crippen LogP contribution in [-0.2, 0) is 0 Å². The second-order valence-electron chi connectivity index (χ2n) is 14.3. The third kappa shape index (κ3) is 5.01. The Morgan fingerprint density at radius 1 is 0.236 bits per heavy atom. The van der Waals surface area contributed by atoms with Crippen LogP contribution in [-0.4, -0.2) is 0 Å². The molecule has 0 saturated heterocycles. The largest absolute Gasteiger partial charge is 0.456 e. The monoisotopic (exact) mass is 698 g/mol. The first kappa shape index (κ1) is 31.3. The average molecular weight is 699 g/mol. The molecule has 0 atom stereocenters. The minimum atomic E-state index is 0.890. The number of rotatable bonds is 5. The normalized spacial score (nSPS) is 11.6. The molecular weight excluding hydrogens is 665 g/mol. The summed E-state index contributed by atoms with van der Waals surface area (Å²) in [7, 11) is 0. The second kappa shape index (κ2) is 12.7. The van der Waals surface area contributed by atoms with Crippen molar-refractivity contribution in [3.05, 3.63) is 206 Å². The van der Waals surface area contributed by atoms with Crippen LogP contribution in [0.15, 0.2) is 211 Å². The molecule has 1 aromatic heterocycles. The highest BCUT2D eigenvalue weighted by Crippen LogP contribution is 2.49. The second-order valence-corrected chi connectivity index (χ2v) is 14.3. The van der Waals surface area contributed by atoms with Crippen molar-refractivity contribution in [1.29, 1.82) is 0 Å². The van der Waals surface area contributed by atoms with Gasteiger partial charge in [-0.25, -0.2) is 0 Å². The van der Waals surface area contributed by atoms with Gasteiger partial charge in [0.25, 0.3) is 0 Å². The summed E-state index contributed by atoms with van der Waals surface area (Å²) in [6.07, 6.45) is 0. The van der Waals surface area contributed by atoms with E-state index in [2.05, 4.69) is 206 Å². The number of fused-ring (bicyclic) bond motifs is 6. The van der Waals surface area contributed by atoms with E-state index >= 15 is 0 Å². The van der Waals surface area contributed by atoms with Crippen molar-refractivity contribution in [1.82, 2.24) is 0 Å². The number of para-hydroxylation sites is 1. The maximum atomic E-state index is 6.55. The maximum Gasteiger partial charge on any atom is 0.136 e. The molecule has 0 aliphatic heterocycles. The van der Waals surface area contributed by atoms with Gasteiger partial charge in [-0.2, -0.15) is 0 Å². The average Bonchev–Trinajstić information content (AvgIpc) is 3.65. The van der Waals surface area contributed by atoms with Gasteiger partial charge in [0.1, 0.15) is 11.2 Å². The zero-order valence-electron chi connectivity index (χ0n) is 30.0. The first-order valence-electron chi connectivity index (χ1n) is 18.9. The lowest BCUT2D eigenvalue weighted by Gasteiger charge is -2.20. The van der Waals surface area contributed by atoms with Crippen molar-refractivity contribution < 1.29 is 4.42 Å². The predicted octanol–water partition coefficient (Wildman–Crippen LogP) is 15.4.